The third kappa shape index (κ3) is 2.40. The van der Waals surface area contributed by atoms with Crippen LogP contribution in [0.1, 0.15) is 19.4 Å². The average Bonchev–Trinajstić information content (AvgIpc) is 2.32. The van der Waals surface area contributed by atoms with Gasteiger partial charge in [0, 0.05) is 30.9 Å². The van der Waals surface area contributed by atoms with Gasteiger partial charge in [0.1, 0.15) is 11.9 Å². The smallest absolute Gasteiger partial charge is 0.143 e. The molecule has 0 aliphatic carbocycles. The minimum Gasteiger partial charge on any atom is -0.366 e. The molecule has 4 heteroatoms. The van der Waals surface area contributed by atoms with E-state index >= 15 is 0 Å². The second kappa shape index (κ2) is 4.72. The van der Waals surface area contributed by atoms with E-state index in [-0.39, 0.29) is 5.56 Å². The molecule has 1 heterocycles. The van der Waals surface area contributed by atoms with Crippen LogP contribution < -0.4 is 10.2 Å². The SMILES string of the molecule is CC1CN(c2ccc(C#N)c(F)c2)C(C)CN1. The van der Waals surface area contributed by atoms with E-state index in [0.717, 1.165) is 18.8 Å². The number of nitriles is 1. The van der Waals surface area contributed by atoms with Crippen molar-refractivity contribution in [2.45, 2.75) is 25.9 Å². The molecule has 0 aromatic heterocycles. The molecule has 2 atom stereocenters. The summed E-state index contributed by atoms with van der Waals surface area (Å²) < 4.78 is 13.6. The highest BCUT2D eigenvalue weighted by molar-refractivity contribution is 5.51. The summed E-state index contributed by atoms with van der Waals surface area (Å²) in [6, 6.07) is 7.38. The lowest BCUT2D eigenvalue weighted by Gasteiger charge is -2.39. The lowest BCUT2D eigenvalue weighted by molar-refractivity contribution is 0.424. The number of hydrogen-bond acceptors (Lipinski definition) is 3. The molecule has 0 radical (unpaired) electrons. The van der Waals surface area contributed by atoms with Gasteiger partial charge in [-0.25, -0.2) is 4.39 Å². The highest BCUT2D eigenvalue weighted by Gasteiger charge is 2.23. The van der Waals surface area contributed by atoms with Gasteiger partial charge in [-0.1, -0.05) is 0 Å². The number of rotatable bonds is 1. The van der Waals surface area contributed by atoms with Crippen molar-refractivity contribution in [3.8, 4) is 6.07 Å². The van der Waals surface area contributed by atoms with Crippen molar-refractivity contribution in [3.63, 3.8) is 0 Å². The van der Waals surface area contributed by atoms with Crippen molar-refractivity contribution in [1.82, 2.24) is 5.32 Å². The summed E-state index contributed by atoms with van der Waals surface area (Å²) in [4.78, 5) is 2.17. The standard InChI is InChI=1S/C13H16FN3/c1-9-8-17(10(2)7-16-9)12-4-3-11(6-15)13(14)5-12/h3-5,9-10,16H,7-8H2,1-2H3. The summed E-state index contributed by atoms with van der Waals surface area (Å²) in [5.74, 6) is -0.441. The molecule has 0 spiro atoms. The van der Waals surface area contributed by atoms with Gasteiger partial charge in [-0.3, -0.25) is 0 Å². The lowest BCUT2D eigenvalue weighted by Crippen LogP contribution is -2.54. The van der Waals surface area contributed by atoms with Crippen molar-refractivity contribution >= 4 is 5.69 Å². The molecular formula is C13H16FN3. The normalized spacial score (nSPS) is 24.5. The summed E-state index contributed by atoms with van der Waals surface area (Å²) in [5, 5.41) is 12.1. The fourth-order valence-corrected chi connectivity index (χ4v) is 2.15. The summed E-state index contributed by atoms with van der Waals surface area (Å²) >= 11 is 0. The van der Waals surface area contributed by atoms with Gasteiger partial charge in [0.05, 0.1) is 5.56 Å². The van der Waals surface area contributed by atoms with Crippen LogP contribution in [0.15, 0.2) is 18.2 Å². The van der Waals surface area contributed by atoms with E-state index in [1.54, 1.807) is 6.07 Å². The Morgan fingerprint density at radius 3 is 2.88 bits per heavy atom. The number of piperazine rings is 1. The quantitative estimate of drug-likeness (QED) is 0.805. The number of nitrogens with zero attached hydrogens (tertiary/aromatic N) is 2. The third-order valence-electron chi connectivity index (χ3n) is 3.17. The second-order valence-corrected chi connectivity index (χ2v) is 4.59. The van der Waals surface area contributed by atoms with Crippen LogP contribution in [0.4, 0.5) is 10.1 Å². The topological polar surface area (TPSA) is 39.1 Å². The van der Waals surface area contributed by atoms with Crippen LogP contribution >= 0.6 is 0 Å². The molecule has 0 bridgehead atoms. The Hall–Kier alpha value is -1.60. The Kier molecular flexibility index (Phi) is 3.30. The third-order valence-corrected chi connectivity index (χ3v) is 3.17. The van der Waals surface area contributed by atoms with Crippen LogP contribution in [0.2, 0.25) is 0 Å². The maximum absolute atomic E-state index is 13.6. The van der Waals surface area contributed by atoms with Gasteiger partial charge in [-0.05, 0) is 32.0 Å². The maximum atomic E-state index is 13.6. The molecular weight excluding hydrogens is 217 g/mol. The Morgan fingerprint density at radius 2 is 2.24 bits per heavy atom. The van der Waals surface area contributed by atoms with E-state index in [4.69, 9.17) is 5.26 Å². The average molecular weight is 233 g/mol. The zero-order valence-electron chi connectivity index (χ0n) is 10.1. The molecule has 1 aliphatic rings. The number of anilines is 1. The van der Waals surface area contributed by atoms with Gasteiger partial charge < -0.3 is 10.2 Å². The van der Waals surface area contributed by atoms with Crippen molar-refractivity contribution in [2.75, 3.05) is 18.0 Å². The molecule has 1 aromatic rings. The lowest BCUT2D eigenvalue weighted by atomic mass is 10.1. The number of hydrogen-bond donors (Lipinski definition) is 1. The Bertz CT molecular complexity index is 452. The van der Waals surface area contributed by atoms with E-state index in [2.05, 4.69) is 24.1 Å². The Morgan fingerprint density at radius 1 is 1.47 bits per heavy atom. The predicted molar refractivity (Wildman–Crippen MR) is 65.4 cm³/mol. The monoisotopic (exact) mass is 233 g/mol. The van der Waals surface area contributed by atoms with Crippen molar-refractivity contribution < 1.29 is 4.39 Å². The van der Waals surface area contributed by atoms with Crippen LogP contribution in [0.5, 0.6) is 0 Å². The van der Waals surface area contributed by atoms with Gasteiger partial charge in [0.15, 0.2) is 0 Å². The second-order valence-electron chi connectivity index (χ2n) is 4.59. The summed E-state index contributed by atoms with van der Waals surface area (Å²) in [7, 11) is 0. The van der Waals surface area contributed by atoms with Gasteiger partial charge in [-0.15, -0.1) is 0 Å². The van der Waals surface area contributed by atoms with Crippen molar-refractivity contribution in [2.24, 2.45) is 0 Å². The molecule has 3 nitrogen and oxygen atoms in total. The van der Waals surface area contributed by atoms with E-state index in [0.29, 0.717) is 12.1 Å². The molecule has 0 amide bonds. The highest BCUT2D eigenvalue weighted by atomic mass is 19.1. The fraction of sp³-hybridized carbons (Fsp3) is 0.462. The molecule has 1 N–H and O–H groups in total. The number of halogens is 1. The first-order chi connectivity index (χ1) is 8.11. The maximum Gasteiger partial charge on any atom is 0.143 e. The summed E-state index contributed by atoms with van der Waals surface area (Å²) in [6.07, 6.45) is 0. The van der Waals surface area contributed by atoms with Crippen molar-refractivity contribution in [1.29, 1.82) is 5.26 Å². The zero-order valence-corrected chi connectivity index (χ0v) is 10.1. The molecule has 2 unspecified atom stereocenters. The zero-order chi connectivity index (χ0) is 12.4. The molecule has 90 valence electrons. The van der Waals surface area contributed by atoms with E-state index < -0.39 is 5.82 Å². The van der Waals surface area contributed by atoms with Gasteiger partial charge in [-0.2, -0.15) is 5.26 Å². The first-order valence-electron chi connectivity index (χ1n) is 5.81. The molecule has 1 fully saturated rings. The first-order valence-corrected chi connectivity index (χ1v) is 5.81. The first kappa shape index (κ1) is 11.9. The molecule has 1 aromatic carbocycles. The molecule has 0 saturated carbocycles. The molecule has 17 heavy (non-hydrogen) atoms. The predicted octanol–water partition coefficient (Wildman–Crippen LogP) is 1.88. The Balaban J connectivity index is 2.27. The van der Waals surface area contributed by atoms with Crippen LogP contribution in [-0.4, -0.2) is 25.2 Å². The minimum atomic E-state index is -0.441. The number of nitrogens with one attached hydrogen (secondary N) is 1. The van der Waals surface area contributed by atoms with E-state index in [1.165, 1.54) is 6.07 Å². The van der Waals surface area contributed by atoms with E-state index in [1.807, 2.05) is 12.1 Å². The van der Waals surface area contributed by atoms with Crippen LogP contribution in [0, 0.1) is 17.1 Å². The summed E-state index contributed by atoms with van der Waals surface area (Å²) in [5.41, 5.74) is 0.951. The van der Waals surface area contributed by atoms with E-state index in [9.17, 15) is 4.39 Å². The van der Waals surface area contributed by atoms with Gasteiger partial charge >= 0.3 is 0 Å². The highest BCUT2D eigenvalue weighted by Crippen LogP contribution is 2.22. The van der Waals surface area contributed by atoms with Gasteiger partial charge in [0.2, 0.25) is 0 Å². The molecule has 2 rings (SSSR count). The van der Waals surface area contributed by atoms with Crippen LogP contribution in [0.3, 0.4) is 0 Å². The van der Waals surface area contributed by atoms with Crippen LogP contribution in [0.25, 0.3) is 0 Å². The van der Waals surface area contributed by atoms with Crippen LogP contribution in [-0.2, 0) is 0 Å². The summed E-state index contributed by atoms with van der Waals surface area (Å²) in [6.45, 7) is 5.96. The molecule has 1 aliphatic heterocycles. The van der Waals surface area contributed by atoms with Crippen molar-refractivity contribution in [3.05, 3.63) is 29.6 Å². The number of benzene rings is 1. The minimum absolute atomic E-state index is 0.101. The molecule has 1 saturated heterocycles. The Labute approximate surface area is 101 Å². The largest absolute Gasteiger partial charge is 0.366 e. The fourth-order valence-electron chi connectivity index (χ4n) is 2.15. The van der Waals surface area contributed by atoms with Gasteiger partial charge in [0.25, 0.3) is 0 Å².